The highest BCUT2D eigenvalue weighted by Crippen LogP contribution is 2.42. The molecule has 4 heteroatoms. The van der Waals surface area contributed by atoms with Gasteiger partial charge in [0.25, 0.3) is 0 Å². The van der Waals surface area contributed by atoms with Crippen molar-refractivity contribution in [2.75, 3.05) is 27.4 Å². The van der Waals surface area contributed by atoms with Gasteiger partial charge in [0.05, 0.1) is 39.6 Å². The van der Waals surface area contributed by atoms with Gasteiger partial charge in [0.15, 0.2) is 0 Å². The lowest BCUT2D eigenvalue weighted by Gasteiger charge is -2.41. The van der Waals surface area contributed by atoms with E-state index in [1.807, 2.05) is 24.3 Å². The molecule has 0 spiro atoms. The van der Waals surface area contributed by atoms with Crippen molar-refractivity contribution in [1.82, 2.24) is 0 Å². The highest BCUT2D eigenvalue weighted by Gasteiger charge is 2.38. The van der Waals surface area contributed by atoms with E-state index in [4.69, 9.17) is 18.9 Å². The van der Waals surface area contributed by atoms with Gasteiger partial charge in [-0.3, -0.25) is 0 Å². The molecule has 2 aliphatic carbocycles. The molecule has 7 rings (SSSR count). The Kier molecular flexibility index (Phi) is 7.41. The standard InChI is InChI=1S/C38H36O4/c1-39-31-15-11-25(12-16-31)33-19-27-7-3-5-9-29(27)21-35(33)37-23-42-38(24-41-37)36-22-30-10-6-4-8-28(30)20-34(36)26-13-17-32(40-2)18-14-26/h3-20,35-38H,21-24H2,1-2H3/t35-,36-,37-,38-/m1/s1. The van der Waals surface area contributed by atoms with Crippen LogP contribution in [-0.4, -0.2) is 39.6 Å². The fourth-order valence-electron chi connectivity index (χ4n) is 6.79. The summed E-state index contributed by atoms with van der Waals surface area (Å²) in [5, 5.41) is 0. The molecule has 4 nitrogen and oxygen atoms in total. The zero-order valence-electron chi connectivity index (χ0n) is 24.2. The third-order valence-corrected chi connectivity index (χ3v) is 9.10. The normalized spacial score (nSPS) is 23.2. The SMILES string of the molecule is COc1ccc(C2=Cc3ccccc3C[C@H]2[C@H]2CO[C@@H]([C@@H]3Cc4ccccc4C=C3c3ccc(OC)cc3)CO2)cc1. The number of ether oxygens (including phenoxy) is 4. The van der Waals surface area contributed by atoms with Crippen LogP contribution in [0.25, 0.3) is 23.3 Å². The first-order valence-corrected chi connectivity index (χ1v) is 14.8. The maximum absolute atomic E-state index is 6.77. The molecule has 3 aliphatic rings. The van der Waals surface area contributed by atoms with Crippen LogP contribution in [0.1, 0.15) is 33.4 Å². The largest absolute Gasteiger partial charge is 0.497 e. The third-order valence-electron chi connectivity index (χ3n) is 9.10. The summed E-state index contributed by atoms with van der Waals surface area (Å²) in [5.41, 5.74) is 10.3. The van der Waals surface area contributed by atoms with Gasteiger partial charge in [-0.2, -0.15) is 0 Å². The maximum Gasteiger partial charge on any atom is 0.118 e. The molecule has 0 radical (unpaired) electrons. The summed E-state index contributed by atoms with van der Waals surface area (Å²) in [6.07, 6.45) is 6.49. The number of fused-ring (bicyclic) bond motifs is 2. The van der Waals surface area contributed by atoms with Crippen molar-refractivity contribution in [1.29, 1.82) is 0 Å². The zero-order chi connectivity index (χ0) is 28.5. The average molecular weight is 557 g/mol. The molecule has 0 amide bonds. The topological polar surface area (TPSA) is 36.9 Å². The fourth-order valence-corrected chi connectivity index (χ4v) is 6.79. The molecule has 0 bridgehead atoms. The Labute approximate surface area is 248 Å². The van der Waals surface area contributed by atoms with Crippen molar-refractivity contribution >= 4 is 23.3 Å². The Morgan fingerprint density at radius 1 is 0.524 bits per heavy atom. The average Bonchev–Trinajstić information content (AvgIpc) is 3.07. The molecule has 1 aliphatic heterocycles. The molecule has 1 fully saturated rings. The monoisotopic (exact) mass is 556 g/mol. The van der Waals surface area contributed by atoms with Crippen LogP contribution in [0.3, 0.4) is 0 Å². The predicted octanol–water partition coefficient (Wildman–Crippen LogP) is 7.61. The number of hydrogen-bond donors (Lipinski definition) is 0. The Balaban J connectivity index is 1.14. The first-order chi connectivity index (χ1) is 20.7. The van der Waals surface area contributed by atoms with Crippen LogP contribution in [0.15, 0.2) is 97.1 Å². The van der Waals surface area contributed by atoms with Gasteiger partial charge in [0.2, 0.25) is 0 Å². The molecule has 0 saturated carbocycles. The molecule has 4 aromatic carbocycles. The van der Waals surface area contributed by atoms with Gasteiger partial charge < -0.3 is 18.9 Å². The summed E-state index contributed by atoms with van der Waals surface area (Å²) >= 11 is 0. The van der Waals surface area contributed by atoms with Crippen LogP contribution in [0, 0.1) is 11.8 Å². The quantitative estimate of drug-likeness (QED) is 0.245. The van der Waals surface area contributed by atoms with Crippen molar-refractivity contribution in [2.24, 2.45) is 11.8 Å². The summed E-state index contributed by atoms with van der Waals surface area (Å²) in [7, 11) is 3.41. The maximum atomic E-state index is 6.77. The lowest BCUT2D eigenvalue weighted by Crippen LogP contribution is -2.45. The van der Waals surface area contributed by atoms with E-state index in [0.717, 1.165) is 24.3 Å². The van der Waals surface area contributed by atoms with Crippen molar-refractivity contribution in [3.63, 3.8) is 0 Å². The van der Waals surface area contributed by atoms with Crippen molar-refractivity contribution < 1.29 is 18.9 Å². The summed E-state index contributed by atoms with van der Waals surface area (Å²) in [6, 6.07) is 34.1. The van der Waals surface area contributed by atoms with Crippen molar-refractivity contribution in [3.8, 4) is 11.5 Å². The Bertz CT molecular complexity index is 1480. The van der Waals surface area contributed by atoms with E-state index in [1.54, 1.807) is 14.2 Å². The summed E-state index contributed by atoms with van der Waals surface area (Å²) < 4.78 is 24.4. The fraction of sp³-hybridized carbons (Fsp3) is 0.263. The van der Waals surface area contributed by atoms with Gasteiger partial charge in [0, 0.05) is 11.8 Å². The van der Waals surface area contributed by atoms with Gasteiger partial charge in [0.1, 0.15) is 11.5 Å². The first kappa shape index (κ1) is 26.8. The minimum absolute atomic E-state index is 0.0211. The highest BCUT2D eigenvalue weighted by molar-refractivity contribution is 5.87. The second-order valence-electron chi connectivity index (χ2n) is 11.4. The van der Waals surface area contributed by atoms with E-state index in [1.165, 1.54) is 44.5 Å². The van der Waals surface area contributed by atoms with Gasteiger partial charge in [-0.05, 0) is 81.6 Å². The molecular formula is C38H36O4. The van der Waals surface area contributed by atoms with Crippen LogP contribution >= 0.6 is 0 Å². The highest BCUT2D eigenvalue weighted by atomic mass is 16.6. The Hall–Kier alpha value is -4.12. The summed E-state index contributed by atoms with van der Waals surface area (Å²) in [4.78, 5) is 0. The Morgan fingerprint density at radius 2 is 0.929 bits per heavy atom. The van der Waals surface area contributed by atoms with Crippen LogP contribution in [-0.2, 0) is 22.3 Å². The van der Waals surface area contributed by atoms with Crippen LogP contribution in [0.4, 0.5) is 0 Å². The number of rotatable bonds is 6. The molecule has 1 heterocycles. The molecule has 1 saturated heterocycles. The van der Waals surface area contributed by atoms with Crippen LogP contribution in [0.5, 0.6) is 11.5 Å². The molecule has 42 heavy (non-hydrogen) atoms. The number of benzene rings is 4. The molecule has 0 N–H and O–H groups in total. The second-order valence-corrected chi connectivity index (χ2v) is 11.4. The lowest BCUT2D eigenvalue weighted by molar-refractivity contribution is -0.153. The summed E-state index contributed by atoms with van der Waals surface area (Å²) in [6.45, 7) is 1.14. The molecule has 0 aromatic heterocycles. The van der Waals surface area contributed by atoms with E-state index in [2.05, 4.69) is 84.9 Å². The van der Waals surface area contributed by atoms with E-state index < -0.39 is 0 Å². The van der Waals surface area contributed by atoms with Crippen LogP contribution < -0.4 is 9.47 Å². The minimum atomic E-state index is -0.0211. The summed E-state index contributed by atoms with van der Waals surface area (Å²) in [5.74, 6) is 2.14. The van der Waals surface area contributed by atoms with Gasteiger partial charge in [-0.25, -0.2) is 0 Å². The van der Waals surface area contributed by atoms with Crippen molar-refractivity contribution in [3.05, 3.63) is 130 Å². The molecule has 212 valence electrons. The Morgan fingerprint density at radius 3 is 1.31 bits per heavy atom. The smallest absolute Gasteiger partial charge is 0.118 e. The number of hydrogen-bond acceptors (Lipinski definition) is 4. The molecule has 4 atom stereocenters. The lowest BCUT2D eigenvalue weighted by atomic mass is 9.76. The van der Waals surface area contributed by atoms with Gasteiger partial charge in [-0.15, -0.1) is 0 Å². The molecular weight excluding hydrogens is 520 g/mol. The molecule has 0 unspecified atom stereocenters. The van der Waals surface area contributed by atoms with Crippen molar-refractivity contribution in [2.45, 2.75) is 25.0 Å². The van der Waals surface area contributed by atoms with E-state index in [9.17, 15) is 0 Å². The molecule has 4 aromatic rings. The zero-order valence-corrected chi connectivity index (χ0v) is 24.2. The second kappa shape index (κ2) is 11.6. The third kappa shape index (κ3) is 5.17. The first-order valence-electron chi connectivity index (χ1n) is 14.8. The van der Waals surface area contributed by atoms with Gasteiger partial charge in [-0.1, -0.05) is 84.9 Å². The van der Waals surface area contributed by atoms with Crippen LogP contribution in [0.2, 0.25) is 0 Å². The minimum Gasteiger partial charge on any atom is -0.497 e. The number of methoxy groups -OCH3 is 2. The van der Waals surface area contributed by atoms with E-state index >= 15 is 0 Å². The van der Waals surface area contributed by atoms with E-state index in [0.29, 0.717) is 13.2 Å². The van der Waals surface area contributed by atoms with Gasteiger partial charge >= 0.3 is 0 Å². The van der Waals surface area contributed by atoms with E-state index in [-0.39, 0.29) is 24.0 Å². The predicted molar refractivity (Wildman–Crippen MR) is 168 cm³/mol.